The monoisotopic (exact) mass is 628 g/mol. The molecule has 0 atom stereocenters. The summed E-state index contributed by atoms with van der Waals surface area (Å²) < 4.78 is 44.1. The van der Waals surface area contributed by atoms with Crippen LogP contribution in [0.2, 0.25) is 0 Å². The van der Waals surface area contributed by atoms with Gasteiger partial charge in [-0.2, -0.15) is 5.26 Å². The Labute approximate surface area is 262 Å². The third-order valence-corrected chi connectivity index (χ3v) is 7.86. The standard InChI is InChI=1S/C32H30F2N8O4/c1-2-41-19-36-15-21(41)16-42-29(37-25-5-6-26(32(43)44)39-31(25)42)17-40-11-9-22(10-12-40)46-30-8-4-23(33)27(38-30)18-45-28-7-3-20(14-35)13-24(28)34/h3-8,13,15,19,22H,2,9-12,16-18H2,1H3,(H,43,44). The molecule has 5 heterocycles. The number of carboxylic acid groups (broad SMARTS) is 1. The summed E-state index contributed by atoms with van der Waals surface area (Å²) >= 11 is 0. The molecule has 1 aliphatic rings. The number of ether oxygens (including phenoxy) is 2. The van der Waals surface area contributed by atoms with Crippen LogP contribution < -0.4 is 9.47 Å². The summed E-state index contributed by atoms with van der Waals surface area (Å²) in [6, 6.07) is 11.5. The molecule has 12 nitrogen and oxygen atoms in total. The van der Waals surface area contributed by atoms with Crippen molar-refractivity contribution in [2.24, 2.45) is 0 Å². The second kappa shape index (κ2) is 13.3. The number of carbonyl (C=O) groups is 1. The van der Waals surface area contributed by atoms with Crippen LogP contribution in [0.3, 0.4) is 0 Å². The van der Waals surface area contributed by atoms with Crippen molar-refractivity contribution >= 4 is 17.1 Å². The molecule has 1 aliphatic heterocycles. The van der Waals surface area contributed by atoms with E-state index in [2.05, 4.69) is 19.9 Å². The van der Waals surface area contributed by atoms with Gasteiger partial charge in [0.1, 0.15) is 35.6 Å². The molecular formula is C32H30F2N8O4. The molecule has 1 N–H and O–H groups in total. The molecule has 4 aromatic heterocycles. The smallest absolute Gasteiger partial charge is 0.354 e. The number of rotatable bonds is 11. The first-order valence-electron chi connectivity index (χ1n) is 14.8. The van der Waals surface area contributed by atoms with Crippen LogP contribution in [0.25, 0.3) is 11.2 Å². The third kappa shape index (κ3) is 6.64. The van der Waals surface area contributed by atoms with E-state index in [1.54, 1.807) is 18.6 Å². The number of nitriles is 1. The molecule has 5 aromatic rings. The van der Waals surface area contributed by atoms with E-state index in [1.165, 1.54) is 30.3 Å². The normalized spacial score (nSPS) is 14.0. The Balaban J connectivity index is 1.11. The molecule has 0 amide bonds. The zero-order valence-corrected chi connectivity index (χ0v) is 24.9. The molecule has 14 heteroatoms. The molecule has 6 rings (SSSR count). The minimum atomic E-state index is -1.10. The number of likely N-dealkylation sites (tertiary alicyclic amines) is 1. The highest BCUT2D eigenvalue weighted by Gasteiger charge is 2.24. The molecule has 1 saturated heterocycles. The zero-order valence-electron chi connectivity index (χ0n) is 24.9. The molecule has 1 aromatic carbocycles. The average molecular weight is 629 g/mol. The first-order valence-corrected chi connectivity index (χ1v) is 14.8. The molecular weight excluding hydrogens is 598 g/mol. The largest absolute Gasteiger partial charge is 0.484 e. The maximum Gasteiger partial charge on any atom is 0.354 e. The summed E-state index contributed by atoms with van der Waals surface area (Å²) in [6.45, 7) is 4.81. The van der Waals surface area contributed by atoms with E-state index in [9.17, 15) is 18.7 Å². The SMILES string of the molecule is CCn1cncc1Cn1c(CN2CCC(Oc3ccc(F)c(COc4ccc(C#N)cc4F)n3)CC2)nc2ccc(C(=O)O)nc21. The van der Waals surface area contributed by atoms with Crippen LogP contribution in [0.5, 0.6) is 11.6 Å². The Morgan fingerprint density at radius 3 is 2.63 bits per heavy atom. The van der Waals surface area contributed by atoms with Gasteiger partial charge in [-0.3, -0.25) is 4.90 Å². The Kier molecular flexibility index (Phi) is 8.84. The number of hydrogen-bond donors (Lipinski definition) is 1. The molecule has 0 bridgehead atoms. The summed E-state index contributed by atoms with van der Waals surface area (Å²) in [5.74, 6) is -1.53. The Hall–Kier alpha value is -5.42. The summed E-state index contributed by atoms with van der Waals surface area (Å²) in [7, 11) is 0. The fourth-order valence-electron chi connectivity index (χ4n) is 5.40. The lowest BCUT2D eigenvalue weighted by molar-refractivity contribution is 0.0690. The van der Waals surface area contributed by atoms with E-state index in [-0.39, 0.29) is 41.3 Å². The number of fused-ring (bicyclic) bond motifs is 1. The average Bonchev–Trinajstić information content (AvgIpc) is 3.66. The molecule has 236 valence electrons. The number of pyridine rings is 2. The van der Waals surface area contributed by atoms with E-state index in [0.717, 1.165) is 24.1 Å². The Morgan fingerprint density at radius 1 is 1.07 bits per heavy atom. The van der Waals surface area contributed by atoms with Gasteiger partial charge < -0.3 is 23.7 Å². The van der Waals surface area contributed by atoms with Gasteiger partial charge in [-0.1, -0.05) is 0 Å². The lowest BCUT2D eigenvalue weighted by Gasteiger charge is -2.31. The molecule has 0 radical (unpaired) electrons. The van der Waals surface area contributed by atoms with Crippen LogP contribution in [0, 0.1) is 23.0 Å². The number of carboxylic acids is 1. The van der Waals surface area contributed by atoms with Gasteiger partial charge in [-0.25, -0.2) is 33.5 Å². The van der Waals surface area contributed by atoms with Crippen LogP contribution in [0.1, 0.15) is 53.0 Å². The minimum Gasteiger partial charge on any atom is -0.484 e. The van der Waals surface area contributed by atoms with Crippen LogP contribution in [-0.2, 0) is 26.2 Å². The molecule has 1 fully saturated rings. The van der Waals surface area contributed by atoms with Crippen LogP contribution >= 0.6 is 0 Å². The number of piperidine rings is 1. The number of aromatic nitrogens is 6. The summed E-state index contributed by atoms with van der Waals surface area (Å²) in [4.78, 5) is 31.6. The number of nitrogens with zero attached hydrogens (tertiary/aromatic N) is 8. The maximum absolute atomic E-state index is 14.5. The number of hydrogen-bond acceptors (Lipinski definition) is 9. The number of benzene rings is 1. The highest BCUT2D eigenvalue weighted by atomic mass is 19.1. The number of aromatic carboxylic acids is 1. The van der Waals surface area contributed by atoms with Gasteiger partial charge in [0.15, 0.2) is 22.9 Å². The molecule has 0 unspecified atom stereocenters. The highest BCUT2D eigenvalue weighted by Crippen LogP contribution is 2.24. The van der Waals surface area contributed by atoms with E-state index >= 15 is 0 Å². The van der Waals surface area contributed by atoms with Crippen molar-refractivity contribution in [2.75, 3.05) is 13.1 Å². The fraction of sp³-hybridized carbons (Fsp3) is 0.312. The van der Waals surface area contributed by atoms with Crippen molar-refractivity contribution in [3.05, 3.63) is 95.1 Å². The van der Waals surface area contributed by atoms with Gasteiger partial charge in [0.05, 0.1) is 36.7 Å². The van der Waals surface area contributed by atoms with E-state index < -0.39 is 17.6 Å². The predicted molar refractivity (Wildman–Crippen MR) is 160 cm³/mol. The second-order valence-electron chi connectivity index (χ2n) is 10.8. The van der Waals surface area contributed by atoms with Crippen LogP contribution in [0.15, 0.2) is 55.0 Å². The van der Waals surface area contributed by atoms with Gasteiger partial charge >= 0.3 is 5.97 Å². The number of imidazole rings is 2. The van der Waals surface area contributed by atoms with Crippen LogP contribution in [0.4, 0.5) is 8.78 Å². The van der Waals surface area contributed by atoms with Crippen LogP contribution in [-0.4, -0.2) is 64.2 Å². The van der Waals surface area contributed by atoms with E-state index in [4.69, 9.17) is 19.7 Å². The first kappa shape index (κ1) is 30.6. The molecule has 0 aliphatic carbocycles. The molecule has 0 spiro atoms. The number of halogens is 2. The first-order chi connectivity index (χ1) is 22.3. The minimum absolute atomic E-state index is 0.0262. The van der Waals surface area contributed by atoms with Crippen molar-refractivity contribution in [1.82, 2.24) is 34.0 Å². The van der Waals surface area contributed by atoms with Crippen molar-refractivity contribution in [2.45, 2.75) is 52.1 Å². The quantitative estimate of drug-likeness (QED) is 0.221. The van der Waals surface area contributed by atoms with Gasteiger partial charge in [0, 0.05) is 31.9 Å². The third-order valence-electron chi connectivity index (χ3n) is 7.86. The van der Waals surface area contributed by atoms with Crippen molar-refractivity contribution in [1.29, 1.82) is 5.26 Å². The number of aryl methyl sites for hydroxylation is 1. The van der Waals surface area contributed by atoms with Crippen molar-refractivity contribution < 1.29 is 28.2 Å². The Morgan fingerprint density at radius 2 is 1.89 bits per heavy atom. The molecule has 0 saturated carbocycles. The second-order valence-corrected chi connectivity index (χ2v) is 10.8. The summed E-state index contributed by atoms with van der Waals surface area (Å²) in [5, 5.41) is 18.4. The van der Waals surface area contributed by atoms with Gasteiger partial charge in [-0.15, -0.1) is 0 Å². The van der Waals surface area contributed by atoms with Crippen molar-refractivity contribution in [3.63, 3.8) is 0 Å². The van der Waals surface area contributed by atoms with E-state index in [0.29, 0.717) is 50.2 Å². The fourth-order valence-corrected chi connectivity index (χ4v) is 5.40. The lowest BCUT2D eigenvalue weighted by atomic mass is 10.1. The zero-order chi connectivity index (χ0) is 32.2. The van der Waals surface area contributed by atoms with Gasteiger partial charge in [0.2, 0.25) is 5.88 Å². The topological polar surface area (TPSA) is 144 Å². The van der Waals surface area contributed by atoms with E-state index in [1.807, 2.05) is 22.1 Å². The Bertz CT molecular complexity index is 1930. The maximum atomic E-state index is 14.5. The predicted octanol–water partition coefficient (Wildman–Crippen LogP) is 4.56. The molecule has 46 heavy (non-hydrogen) atoms. The van der Waals surface area contributed by atoms with Gasteiger partial charge in [-0.05, 0) is 56.2 Å². The summed E-state index contributed by atoms with van der Waals surface area (Å²) in [5.41, 5.74) is 2.15. The lowest BCUT2D eigenvalue weighted by Crippen LogP contribution is -2.38. The highest BCUT2D eigenvalue weighted by molar-refractivity contribution is 5.88. The van der Waals surface area contributed by atoms with Crippen molar-refractivity contribution in [3.8, 4) is 17.7 Å². The summed E-state index contributed by atoms with van der Waals surface area (Å²) in [6.07, 6.45) is 4.76. The van der Waals surface area contributed by atoms with Gasteiger partial charge in [0.25, 0.3) is 0 Å².